The Balaban J connectivity index is 4.05. The Bertz CT molecular complexity index is 394. The highest BCUT2D eigenvalue weighted by molar-refractivity contribution is 5.81. The van der Waals surface area contributed by atoms with E-state index < -0.39 is 23.9 Å². The normalized spacial score (nSPS) is 12.3. The molecule has 25 heavy (non-hydrogen) atoms. The Morgan fingerprint density at radius 1 is 1.08 bits per heavy atom. The molecule has 0 heterocycles. The number of carbonyl (C=O) groups is 2. The first-order valence-corrected chi connectivity index (χ1v) is 7.95. The zero-order valence-electron chi connectivity index (χ0n) is 15.1. The standard InChI is InChI=1S/C16H29NO8/c1-5-14(19)24-13(17-15(20)25-16(2,3)4)12-23-11-10-22-9-8-21-7-6-18/h5,13,18H,1,6-12H2,2-4H3,(H,17,20). The van der Waals surface area contributed by atoms with Crippen molar-refractivity contribution in [2.24, 2.45) is 0 Å². The first kappa shape index (κ1) is 23.3. The monoisotopic (exact) mass is 363 g/mol. The average molecular weight is 363 g/mol. The van der Waals surface area contributed by atoms with Crippen LogP contribution in [0, 0.1) is 0 Å². The molecular formula is C16H29NO8. The molecule has 0 rings (SSSR count). The van der Waals surface area contributed by atoms with Crippen LogP contribution in [-0.2, 0) is 28.5 Å². The van der Waals surface area contributed by atoms with Gasteiger partial charge < -0.3 is 28.8 Å². The summed E-state index contributed by atoms with van der Waals surface area (Å²) in [5.41, 5.74) is -0.677. The van der Waals surface area contributed by atoms with Gasteiger partial charge >= 0.3 is 12.1 Å². The fourth-order valence-electron chi connectivity index (χ4n) is 1.43. The lowest BCUT2D eigenvalue weighted by Gasteiger charge is -2.23. The number of esters is 1. The summed E-state index contributed by atoms with van der Waals surface area (Å²) in [4.78, 5) is 23.0. The van der Waals surface area contributed by atoms with Crippen LogP contribution in [0.1, 0.15) is 20.8 Å². The fraction of sp³-hybridized carbons (Fsp3) is 0.750. The maximum atomic E-state index is 11.7. The van der Waals surface area contributed by atoms with E-state index in [1.807, 2.05) is 0 Å². The molecule has 9 heteroatoms. The summed E-state index contributed by atoms with van der Waals surface area (Å²) in [7, 11) is 0. The van der Waals surface area contributed by atoms with Crippen molar-refractivity contribution >= 4 is 12.1 Å². The van der Waals surface area contributed by atoms with Gasteiger partial charge in [-0.05, 0) is 20.8 Å². The topological polar surface area (TPSA) is 113 Å². The van der Waals surface area contributed by atoms with Gasteiger partial charge in [0.05, 0.1) is 39.6 Å². The van der Waals surface area contributed by atoms with Crippen molar-refractivity contribution < 1.29 is 38.4 Å². The molecule has 0 fully saturated rings. The lowest BCUT2D eigenvalue weighted by Crippen LogP contribution is -2.44. The first-order valence-electron chi connectivity index (χ1n) is 7.95. The summed E-state index contributed by atoms with van der Waals surface area (Å²) in [5, 5.41) is 10.9. The van der Waals surface area contributed by atoms with E-state index in [0.29, 0.717) is 19.8 Å². The van der Waals surface area contributed by atoms with E-state index in [-0.39, 0.29) is 26.4 Å². The van der Waals surface area contributed by atoms with Crippen LogP contribution in [0.5, 0.6) is 0 Å². The second-order valence-corrected chi connectivity index (χ2v) is 5.80. The van der Waals surface area contributed by atoms with Crippen LogP contribution in [0.4, 0.5) is 4.79 Å². The summed E-state index contributed by atoms with van der Waals surface area (Å²) in [6, 6.07) is 0. The Kier molecular flexibility index (Phi) is 12.7. The SMILES string of the molecule is C=CC(=O)OC(COCCOCCOCCO)NC(=O)OC(C)(C)C. The molecule has 2 N–H and O–H groups in total. The summed E-state index contributed by atoms with van der Waals surface area (Å²) >= 11 is 0. The number of aliphatic hydroxyl groups is 1. The van der Waals surface area contributed by atoms with E-state index in [0.717, 1.165) is 6.08 Å². The number of rotatable bonds is 13. The van der Waals surface area contributed by atoms with Gasteiger partial charge in [-0.1, -0.05) is 6.58 Å². The minimum Gasteiger partial charge on any atom is -0.444 e. The summed E-state index contributed by atoms with van der Waals surface area (Å²) in [5.74, 6) is -0.693. The summed E-state index contributed by atoms with van der Waals surface area (Å²) in [6.45, 7) is 9.91. The molecule has 0 aliphatic heterocycles. The van der Waals surface area contributed by atoms with Crippen molar-refractivity contribution in [1.82, 2.24) is 5.32 Å². The lowest BCUT2D eigenvalue weighted by atomic mass is 10.2. The zero-order valence-corrected chi connectivity index (χ0v) is 15.1. The van der Waals surface area contributed by atoms with Crippen molar-refractivity contribution in [3.8, 4) is 0 Å². The Morgan fingerprint density at radius 3 is 2.16 bits per heavy atom. The minimum atomic E-state index is -1.01. The highest BCUT2D eigenvalue weighted by Crippen LogP contribution is 2.07. The van der Waals surface area contributed by atoms with Gasteiger partial charge in [-0.15, -0.1) is 0 Å². The van der Waals surface area contributed by atoms with Crippen LogP contribution >= 0.6 is 0 Å². The van der Waals surface area contributed by atoms with Gasteiger partial charge in [0.2, 0.25) is 6.23 Å². The second kappa shape index (κ2) is 13.6. The number of ether oxygens (including phenoxy) is 5. The molecule has 0 aromatic carbocycles. The van der Waals surface area contributed by atoms with E-state index in [1.165, 1.54) is 0 Å². The van der Waals surface area contributed by atoms with E-state index in [1.54, 1.807) is 20.8 Å². The minimum absolute atomic E-state index is 0.0292. The smallest absolute Gasteiger partial charge is 0.410 e. The molecule has 0 radical (unpaired) electrons. The van der Waals surface area contributed by atoms with E-state index >= 15 is 0 Å². The maximum absolute atomic E-state index is 11.7. The van der Waals surface area contributed by atoms with Crippen LogP contribution in [-0.4, -0.2) is 75.2 Å². The molecule has 9 nitrogen and oxygen atoms in total. The molecule has 1 amide bonds. The van der Waals surface area contributed by atoms with Gasteiger partial charge in [-0.25, -0.2) is 9.59 Å². The van der Waals surface area contributed by atoms with Crippen LogP contribution < -0.4 is 5.32 Å². The van der Waals surface area contributed by atoms with Crippen molar-refractivity contribution in [1.29, 1.82) is 0 Å². The van der Waals surface area contributed by atoms with Crippen molar-refractivity contribution in [2.75, 3.05) is 46.2 Å². The Hall–Kier alpha value is -1.68. The van der Waals surface area contributed by atoms with Gasteiger partial charge in [-0.3, -0.25) is 5.32 Å². The van der Waals surface area contributed by atoms with Gasteiger partial charge in [-0.2, -0.15) is 0 Å². The number of amides is 1. The number of hydrogen-bond donors (Lipinski definition) is 2. The molecule has 1 unspecified atom stereocenters. The third-order valence-electron chi connectivity index (χ3n) is 2.35. The zero-order chi connectivity index (χ0) is 19.1. The molecule has 0 aromatic rings. The van der Waals surface area contributed by atoms with Gasteiger partial charge in [0.15, 0.2) is 0 Å². The van der Waals surface area contributed by atoms with E-state index in [4.69, 9.17) is 28.8 Å². The molecule has 0 aliphatic carbocycles. The molecule has 0 saturated carbocycles. The third kappa shape index (κ3) is 15.6. The number of aliphatic hydroxyl groups excluding tert-OH is 1. The van der Waals surface area contributed by atoms with Crippen LogP contribution in [0.25, 0.3) is 0 Å². The molecule has 1 atom stereocenters. The highest BCUT2D eigenvalue weighted by atomic mass is 16.6. The van der Waals surface area contributed by atoms with Gasteiger partial charge in [0.25, 0.3) is 0 Å². The van der Waals surface area contributed by atoms with Crippen molar-refractivity contribution in [2.45, 2.75) is 32.6 Å². The fourth-order valence-corrected chi connectivity index (χ4v) is 1.43. The molecular weight excluding hydrogens is 334 g/mol. The molecule has 0 spiro atoms. The van der Waals surface area contributed by atoms with E-state index in [2.05, 4.69) is 11.9 Å². The quantitative estimate of drug-likeness (QED) is 0.212. The highest BCUT2D eigenvalue weighted by Gasteiger charge is 2.21. The van der Waals surface area contributed by atoms with Crippen molar-refractivity contribution in [3.63, 3.8) is 0 Å². The average Bonchev–Trinajstić information content (AvgIpc) is 2.51. The summed E-state index contributed by atoms with van der Waals surface area (Å²) in [6.07, 6.45) is -0.748. The molecule has 146 valence electrons. The number of carbonyl (C=O) groups excluding carboxylic acids is 2. The third-order valence-corrected chi connectivity index (χ3v) is 2.35. The first-order chi connectivity index (χ1) is 11.8. The van der Waals surface area contributed by atoms with Crippen LogP contribution in [0.2, 0.25) is 0 Å². The largest absolute Gasteiger partial charge is 0.444 e. The second-order valence-electron chi connectivity index (χ2n) is 5.80. The van der Waals surface area contributed by atoms with Crippen LogP contribution in [0.15, 0.2) is 12.7 Å². The Labute approximate surface area is 148 Å². The molecule has 0 aromatic heterocycles. The maximum Gasteiger partial charge on any atom is 0.410 e. The van der Waals surface area contributed by atoms with Crippen LogP contribution in [0.3, 0.4) is 0 Å². The van der Waals surface area contributed by atoms with E-state index in [9.17, 15) is 9.59 Å². The number of nitrogens with one attached hydrogen (secondary N) is 1. The summed E-state index contributed by atoms with van der Waals surface area (Å²) < 4.78 is 25.7. The van der Waals surface area contributed by atoms with Gasteiger partial charge in [0, 0.05) is 6.08 Å². The predicted octanol–water partition coefficient (Wildman–Crippen LogP) is 0.609. The molecule has 0 bridgehead atoms. The van der Waals surface area contributed by atoms with Gasteiger partial charge in [0.1, 0.15) is 12.2 Å². The Morgan fingerprint density at radius 2 is 1.64 bits per heavy atom. The molecule has 0 aliphatic rings. The van der Waals surface area contributed by atoms with Crippen molar-refractivity contribution in [3.05, 3.63) is 12.7 Å². The lowest BCUT2D eigenvalue weighted by molar-refractivity contribution is -0.148. The molecule has 0 saturated heterocycles. The number of hydrogen-bond acceptors (Lipinski definition) is 8. The number of alkyl carbamates (subject to hydrolysis) is 1. The predicted molar refractivity (Wildman–Crippen MR) is 89.0 cm³/mol.